The number of carbonyl (C=O) groups is 1. The van der Waals surface area contributed by atoms with Crippen LogP contribution >= 0.6 is 27.3 Å². The second-order valence-electron chi connectivity index (χ2n) is 4.90. The number of morpholine rings is 1. The quantitative estimate of drug-likeness (QED) is 0.791. The van der Waals surface area contributed by atoms with E-state index < -0.39 is 0 Å². The van der Waals surface area contributed by atoms with Gasteiger partial charge in [0.05, 0.1) is 28.1 Å². The topological polar surface area (TPSA) is 29.5 Å². The number of halogens is 1. The largest absolute Gasteiger partial charge is 0.374 e. The van der Waals surface area contributed by atoms with Crippen LogP contribution in [0.15, 0.2) is 15.2 Å². The minimum atomic E-state index is 0.164. The number of hydrogen-bond donors (Lipinski definition) is 0. The number of nitrogens with zero attached hydrogens (tertiary/aromatic N) is 1. The molecule has 18 heavy (non-hydrogen) atoms. The van der Waals surface area contributed by atoms with Gasteiger partial charge in [0.2, 0.25) is 0 Å². The van der Waals surface area contributed by atoms with Crippen LogP contribution in [-0.4, -0.2) is 36.1 Å². The highest BCUT2D eigenvalue weighted by Crippen LogP contribution is 2.30. The van der Waals surface area contributed by atoms with Crippen molar-refractivity contribution < 1.29 is 9.53 Å². The van der Waals surface area contributed by atoms with E-state index in [2.05, 4.69) is 15.9 Å². The molecule has 0 aromatic carbocycles. The first-order chi connectivity index (χ1) is 8.75. The molecule has 0 radical (unpaired) electrons. The summed E-state index contributed by atoms with van der Waals surface area (Å²) >= 11 is 4.98. The average Bonchev–Trinajstić information content (AvgIpc) is 2.84. The number of amides is 1. The minimum absolute atomic E-state index is 0.164. The molecule has 0 N–H and O–H groups in total. The van der Waals surface area contributed by atoms with Crippen molar-refractivity contribution in [2.45, 2.75) is 37.8 Å². The van der Waals surface area contributed by atoms with Crippen molar-refractivity contribution in [1.29, 1.82) is 0 Å². The number of ether oxygens (including phenoxy) is 1. The molecular formula is C13H16BrNO2S. The summed E-state index contributed by atoms with van der Waals surface area (Å²) in [6.45, 7) is 1.41. The van der Waals surface area contributed by atoms with E-state index in [1.165, 1.54) is 12.8 Å². The Balaban J connectivity index is 1.79. The molecule has 1 aliphatic heterocycles. The summed E-state index contributed by atoms with van der Waals surface area (Å²) in [5.41, 5.74) is 0.804. The molecule has 2 atom stereocenters. The molecule has 0 unspecified atom stereocenters. The van der Waals surface area contributed by atoms with E-state index in [1.54, 1.807) is 11.3 Å². The van der Waals surface area contributed by atoms with Crippen LogP contribution in [0.2, 0.25) is 0 Å². The average molecular weight is 330 g/mol. The van der Waals surface area contributed by atoms with Gasteiger partial charge < -0.3 is 9.64 Å². The van der Waals surface area contributed by atoms with Crippen molar-refractivity contribution in [3.63, 3.8) is 0 Å². The Morgan fingerprint density at radius 1 is 1.44 bits per heavy atom. The fraction of sp³-hybridized carbons (Fsp3) is 0.615. The highest BCUT2D eigenvalue weighted by molar-refractivity contribution is 9.11. The number of fused-ring (bicyclic) bond motifs is 1. The zero-order valence-electron chi connectivity index (χ0n) is 10.1. The number of hydrogen-bond acceptors (Lipinski definition) is 3. The van der Waals surface area contributed by atoms with Gasteiger partial charge in [-0.1, -0.05) is 12.8 Å². The van der Waals surface area contributed by atoms with Crippen molar-refractivity contribution >= 4 is 33.2 Å². The smallest absolute Gasteiger partial charge is 0.255 e. The lowest BCUT2D eigenvalue weighted by Gasteiger charge is -2.43. The van der Waals surface area contributed by atoms with Gasteiger partial charge in [0.15, 0.2) is 0 Å². The Morgan fingerprint density at radius 2 is 2.28 bits per heavy atom. The van der Waals surface area contributed by atoms with E-state index in [-0.39, 0.29) is 12.0 Å². The first-order valence-corrected chi connectivity index (χ1v) is 8.09. The maximum absolute atomic E-state index is 12.5. The zero-order valence-corrected chi connectivity index (χ0v) is 12.5. The second-order valence-corrected chi connectivity index (χ2v) is 7.19. The summed E-state index contributed by atoms with van der Waals surface area (Å²) in [4.78, 5) is 14.6. The van der Waals surface area contributed by atoms with Gasteiger partial charge in [-0.15, -0.1) is 11.3 Å². The van der Waals surface area contributed by atoms with Gasteiger partial charge >= 0.3 is 0 Å². The molecule has 2 heterocycles. The van der Waals surface area contributed by atoms with Gasteiger partial charge in [-0.25, -0.2) is 0 Å². The number of thiophene rings is 1. The molecular weight excluding hydrogens is 314 g/mol. The van der Waals surface area contributed by atoms with Gasteiger partial charge in [0.25, 0.3) is 5.91 Å². The van der Waals surface area contributed by atoms with E-state index in [4.69, 9.17) is 4.74 Å². The summed E-state index contributed by atoms with van der Waals surface area (Å²) in [5, 5.41) is 1.93. The highest BCUT2D eigenvalue weighted by Gasteiger charge is 2.37. The highest BCUT2D eigenvalue weighted by atomic mass is 79.9. The molecule has 1 aromatic rings. The third-order valence-corrected chi connectivity index (χ3v) is 5.31. The van der Waals surface area contributed by atoms with Crippen molar-refractivity contribution in [1.82, 2.24) is 4.90 Å². The predicted molar refractivity (Wildman–Crippen MR) is 75.1 cm³/mol. The fourth-order valence-corrected chi connectivity index (χ4v) is 4.07. The van der Waals surface area contributed by atoms with Gasteiger partial charge in [-0.3, -0.25) is 4.79 Å². The van der Waals surface area contributed by atoms with E-state index in [0.717, 1.165) is 28.7 Å². The fourth-order valence-electron chi connectivity index (χ4n) is 2.94. The molecule has 0 spiro atoms. The first-order valence-electron chi connectivity index (χ1n) is 6.42. The molecule has 2 aliphatic rings. The normalized spacial score (nSPS) is 27.9. The number of carbonyl (C=O) groups excluding carboxylic acids is 1. The lowest BCUT2D eigenvalue weighted by atomic mass is 9.90. The summed E-state index contributed by atoms with van der Waals surface area (Å²) < 4.78 is 6.82. The van der Waals surface area contributed by atoms with Crippen LogP contribution in [0.4, 0.5) is 0 Å². The monoisotopic (exact) mass is 329 g/mol. The van der Waals surface area contributed by atoms with Gasteiger partial charge in [-0.05, 0) is 34.8 Å². The summed E-state index contributed by atoms with van der Waals surface area (Å²) in [6.07, 6.45) is 4.89. The van der Waals surface area contributed by atoms with E-state index in [0.29, 0.717) is 12.6 Å². The predicted octanol–water partition coefficient (Wildman–Crippen LogP) is 3.29. The van der Waals surface area contributed by atoms with Crippen molar-refractivity contribution in [3.8, 4) is 0 Å². The summed E-state index contributed by atoms with van der Waals surface area (Å²) in [6, 6.07) is 2.21. The van der Waals surface area contributed by atoms with E-state index >= 15 is 0 Å². The van der Waals surface area contributed by atoms with Crippen LogP contribution in [0.1, 0.15) is 36.0 Å². The minimum Gasteiger partial charge on any atom is -0.374 e. The van der Waals surface area contributed by atoms with Crippen LogP contribution in [0, 0.1) is 0 Å². The molecule has 1 saturated heterocycles. The van der Waals surface area contributed by atoms with Crippen LogP contribution in [-0.2, 0) is 4.74 Å². The maximum Gasteiger partial charge on any atom is 0.255 e. The molecule has 2 fully saturated rings. The van der Waals surface area contributed by atoms with Crippen LogP contribution in [0.5, 0.6) is 0 Å². The standard InChI is InChI=1S/C13H16BrNO2S/c14-12-7-9(8-18-12)13(16)15-5-6-17-11-4-2-1-3-10(11)15/h7-8,10-11H,1-6H2/t10-,11-/m1/s1. The van der Waals surface area contributed by atoms with Crippen molar-refractivity contribution in [2.75, 3.05) is 13.2 Å². The molecule has 3 rings (SSSR count). The summed E-state index contributed by atoms with van der Waals surface area (Å²) in [5.74, 6) is 0.164. The third-order valence-electron chi connectivity index (χ3n) is 3.81. The SMILES string of the molecule is O=C(c1csc(Br)c1)N1CCO[C@@H]2CCCC[C@H]21. The Hall–Kier alpha value is -0.390. The molecule has 1 aromatic heterocycles. The number of rotatable bonds is 1. The van der Waals surface area contributed by atoms with Gasteiger partial charge in [-0.2, -0.15) is 0 Å². The lowest BCUT2D eigenvalue weighted by Crippen LogP contribution is -2.54. The molecule has 1 amide bonds. The van der Waals surface area contributed by atoms with Gasteiger partial charge in [0, 0.05) is 11.9 Å². The lowest BCUT2D eigenvalue weighted by molar-refractivity contribution is -0.0752. The van der Waals surface area contributed by atoms with Crippen LogP contribution in [0.3, 0.4) is 0 Å². The molecule has 98 valence electrons. The first kappa shape index (κ1) is 12.6. The molecule has 0 bridgehead atoms. The van der Waals surface area contributed by atoms with Crippen molar-refractivity contribution in [3.05, 3.63) is 20.8 Å². The molecule has 5 heteroatoms. The molecule has 1 saturated carbocycles. The Bertz CT molecular complexity index is 446. The second kappa shape index (κ2) is 5.31. The van der Waals surface area contributed by atoms with E-state index in [1.807, 2.05) is 16.3 Å². The zero-order chi connectivity index (χ0) is 12.5. The Kier molecular flexibility index (Phi) is 3.73. The maximum atomic E-state index is 12.5. The third kappa shape index (κ3) is 2.36. The van der Waals surface area contributed by atoms with Crippen molar-refractivity contribution in [2.24, 2.45) is 0 Å². The molecule has 3 nitrogen and oxygen atoms in total. The van der Waals surface area contributed by atoms with Crippen LogP contribution < -0.4 is 0 Å². The Morgan fingerprint density at radius 3 is 3.06 bits per heavy atom. The Labute approximate surface area is 119 Å². The van der Waals surface area contributed by atoms with Crippen LogP contribution in [0.25, 0.3) is 0 Å². The van der Waals surface area contributed by atoms with Gasteiger partial charge in [0.1, 0.15) is 0 Å². The summed E-state index contributed by atoms with van der Waals surface area (Å²) in [7, 11) is 0. The molecule has 1 aliphatic carbocycles. The van der Waals surface area contributed by atoms with E-state index in [9.17, 15) is 4.79 Å².